The highest BCUT2D eigenvalue weighted by Gasteiger charge is 2.04. The second-order valence-electron chi connectivity index (χ2n) is 4.33. The minimum Gasteiger partial charge on any atom is -0.361 e. The van der Waals surface area contributed by atoms with E-state index in [1.165, 1.54) is 16.5 Å². The van der Waals surface area contributed by atoms with Gasteiger partial charge in [0, 0.05) is 17.1 Å². The lowest BCUT2D eigenvalue weighted by Crippen LogP contribution is -2.02. The maximum absolute atomic E-state index is 5.62. The van der Waals surface area contributed by atoms with Crippen molar-refractivity contribution >= 4 is 10.9 Å². The van der Waals surface area contributed by atoms with E-state index in [4.69, 9.17) is 5.73 Å². The van der Waals surface area contributed by atoms with Gasteiger partial charge in [-0.05, 0) is 36.2 Å². The van der Waals surface area contributed by atoms with Crippen LogP contribution in [0.5, 0.6) is 0 Å². The van der Waals surface area contributed by atoms with Gasteiger partial charge in [0.05, 0.1) is 6.54 Å². The number of nitrogens with one attached hydrogen (secondary N) is 1. The molecule has 3 N–H and O–H groups in total. The molecule has 1 aromatic carbocycles. The van der Waals surface area contributed by atoms with Crippen molar-refractivity contribution in [3.8, 4) is 0 Å². The van der Waals surface area contributed by atoms with Crippen LogP contribution in [0.1, 0.15) is 18.6 Å². The molecule has 0 aliphatic carbocycles. The molecule has 0 saturated carbocycles. The van der Waals surface area contributed by atoms with Crippen LogP contribution < -0.4 is 5.73 Å². The van der Waals surface area contributed by atoms with Crippen molar-refractivity contribution in [3.63, 3.8) is 0 Å². The maximum Gasteiger partial charge on any atom is 0.137 e. The van der Waals surface area contributed by atoms with Gasteiger partial charge in [0.15, 0.2) is 0 Å². The molecule has 3 aromatic rings. The summed E-state index contributed by atoms with van der Waals surface area (Å²) < 4.78 is 1.82. The molecule has 0 amide bonds. The Morgan fingerprint density at radius 2 is 2.21 bits per heavy atom. The van der Waals surface area contributed by atoms with E-state index in [1.54, 1.807) is 12.7 Å². The van der Waals surface area contributed by atoms with Crippen molar-refractivity contribution in [2.24, 2.45) is 5.73 Å². The number of nitrogens with two attached hydrogens (primary N) is 1. The van der Waals surface area contributed by atoms with Gasteiger partial charge in [0.2, 0.25) is 0 Å². The highest BCUT2D eigenvalue weighted by molar-refractivity contribution is 5.83. The first-order chi connectivity index (χ1) is 8.86. The van der Waals surface area contributed by atoms with E-state index in [0.29, 0.717) is 6.54 Å². The Hall–Kier alpha value is -2.14. The zero-order valence-electron chi connectivity index (χ0n) is 10.0. The van der Waals surface area contributed by atoms with E-state index in [9.17, 15) is 0 Å². The smallest absolute Gasteiger partial charge is 0.137 e. The van der Waals surface area contributed by atoms with Crippen LogP contribution in [0.3, 0.4) is 0 Å². The van der Waals surface area contributed by atoms with Gasteiger partial charge in [-0.25, -0.2) is 9.67 Å². The Bertz CT molecular complexity index is 639. The molecule has 0 spiro atoms. The van der Waals surface area contributed by atoms with Gasteiger partial charge in [-0.15, -0.1) is 0 Å². The SMILES string of the molecule is C.NCCc1c[nH]c2ccc(Cn3cncn3)cc12. The molecule has 5 nitrogen and oxygen atoms in total. The van der Waals surface area contributed by atoms with Crippen LogP contribution in [0.4, 0.5) is 0 Å². The molecule has 0 radical (unpaired) electrons. The molecule has 0 bridgehead atoms. The first-order valence-corrected chi connectivity index (χ1v) is 5.98. The summed E-state index contributed by atoms with van der Waals surface area (Å²) in [6.07, 6.45) is 6.21. The number of rotatable bonds is 4. The summed E-state index contributed by atoms with van der Waals surface area (Å²) in [6, 6.07) is 6.40. The van der Waals surface area contributed by atoms with Gasteiger partial charge < -0.3 is 10.7 Å². The van der Waals surface area contributed by atoms with E-state index < -0.39 is 0 Å². The third-order valence-corrected chi connectivity index (χ3v) is 3.06. The van der Waals surface area contributed by atoms with Gasteiger partial charge in [0.1, 0.15) is 12.7 Å². The van der Waals surface area contributed by atoms with Gasteiger partial charge in [0.25, 0.3) is 0 Å². The lowest BCUT2D eigenvalue weighted by Gasteiger charge is -2.03. The lowest BCUT2D eigenvalue weighted by molar-refractivity contribution is 0.685. The Morgan fingerprint density at radius 3 is 2.95 bits per heavy atom. The number of aromatic amines is 1. The molecule has 0 aliphatic rings. The molecule has 0 fully saturated rings. The molecule has 5 heteroatoms. The quantitative estimate of drug-likeness (QED) is 0.750. The second-order valence-corrected chi connectivity index (χ2v) is 4.33. The molecule has 100 valence electrons. The summed E-state index contributed by atoms with van der Waals surface area (Å²) in [6.45, 7) is 1.41. The molecule has 2 aromatic heterocycles. The summed E-state index contributed by atoms with van der Waals surface area (Å²) >= 11 is 0. The third-order valence-electron chi connectivity index (χ3n) is 3.06. The van der Waals surface area contributed by atoms with Crippen LogP contribution in [-0.2, 0) is 13.0 Å². The van der Waals surface area contributed by atoms with Crippen LogP contribution in [0, 0.1) is 0 Å². The van der Waals surface area contributed by atoms with E-state index in [0.717, 1.165) is 18.5 Å². The summed E-state index contributed by atoms with van der Waals surface area (Å²) in [5.74, 6) is 0. The number of nitrogens with zero attached hydrogens (tertiary/aromatic N) is 3. The zero-order valence-corrected chi connectivity index (χ0v) is 10.0. The molecule has 0 aliphatic heterocycles. The predicted octanol–water partition coefficient (Wildman–Crippen LogP) is 1.95. The second kappa shape index (κ2) is 5.67. The van der Waals surface area contributed by atoms with E-state index in [1.807, 2.05) is 10.9 Å². The summed E-state index contributed by atoms with van der Waals surface area (Å²) in [7, 11) is 0. The Balaban J connectivity index is 0.00000133. The molecule has 19 heavy (non-hydrogen) atoms. The van der Waals surface area contributed by atoms with E-state index in [2.05, 4.69) is 33.3 Å². The monoisotopic (exact) mass is 257 g/mol. The first kappa shape index (κ1) is 13.3. The van der Waals surface area contributed by atoms with Gasteiger partial charge >= 0.3 is 0 Å². The van der Waals surface area contributed by atoms with Crippen molar-refractivity contribution in [1.82, 2.24) is 19.7 Å². The Morgan fingerprint density at radius 1 is 1.32 bits per heavy atom. The summed E-state index contributed by atoms with van der Waals surface area (Å²) in [5.41, 5.74) is 9.26. The molecule has 0 atom stereocenters. The molecular weight excluding hydrogens is 238 g/mol. The summed E-state index contributed by atoms with van der Waals surface area (Å²) in [5, 5.41) is 5.36. The molecule has 0 saturated heterocycles. The third kappa shape index (κ3) is 2.66. The minimum atomic E-state index is 0. The Kier molecular flexibility index (Phi) is 3.97. The lowest BCUT2D eigenvalue weighted by atomic mass is 10.1. The predicted molar refractivity (Wildman–Crippen MR) is 76.9 cm³/mol. The van der Waals surface area contributed by atoms with Crippen LogP contribution in [0.15, 0.2) is 37.1 Å². The van der Waals surface area contributed by atoms with Crippen LogP contribution in [-0.4, -0.2) is 26.3 Å². The highest BCUT2D eigenvalue weighted by atomic mass is 15.3. The molecule has 3 rings (SSSR count). The molecule has 0 unspecified atom stereocenters. The van der Waals surface area contributed by atoms with Crippen molar-refractivity contribution in [3.05, 3.63) is 48.2 Å². The molecule has 2 heterocycles. The fourth-order valence-corrected chi connectivity index (χ4v) is 2.19. The standard InChI is InChI=1S/C13H15N5.CH4/c14-4-3-11-6-16-13-2-1-10(5-12(11)13)7-18-9-15-8-17-18;/h1-2,5-6,8-9,16H,3-4,7,14H2;1H4. The first-order valence-electron chi connectivity index (χ1n) is 5.98. The van der Waals surface area contributed by atoms with Crippen molar-refractivity contribution in [2.45, 2.75) is 20.4 Å². The van der Waals surface area contributed by atoms with Gasteiger partial charge in [-0.3, -0.25) is 0 Å². The number of benzene rings is 1. The topological polar surface area (TPSA) is 72.5 Å². The van der Waals surface area contributed by atoms with Crippen LogP contribution >= 0.6 is 0 Å². The summed E-state index contributed by atoms with van der Waals surface area (Å²) in [4.78, 5) is 7.22. The number of hydrogen-bond donors (Lipinski definition) is 2. The fourth-order valence-electron chi connectivity index (χ4n) is 2.19. The van der Waals surface area contributed by atoms with E-state index >= 15 is 0 Å². The molecular formula is C14H19N5. The number of fused-ring (bicyclic) bond motifs is 1. The van der Waals surface area contributed by atoms with Crippen LogP contribution in [0.2, 0.25) is 0 Å². The number of hydrogen-bond acceptors (Lipinski definition) is 3. The maximum atomic E-state index is 5.62. The fraction of sp³-hybridized carbons (Fsp3) is 0.286. The average Bonchev–Trinajstić information content (AvgIpc) is 3.00. The minimum absolute atomic E-state index is 0. The van der Waals surface area contributed by atoms with Crippen molar-refractivity contribution < 1.29 is 0 Å². The van der Waals surface area contributed by atoms with Crippen molar-refractivity contribution in [2.75, 3.05) is 6.54 Å². The van der Waals surface area contributed by atoms with Crippen molar-refractivity contribution in [1.29, 1.82) is 0 Å². The van der Waals surface area contributed by atoms with Crippen LogP contribution in [0.25, 0.3) is 10.9 Å². The normalized spacial score (nSPS) is 10.6. The number of H-pyrrole nitrogens is 1. The average molecular weight is 257 g/mol. The van der Waals surface area contributed by atoms with E-state index in [-0.39, 0.29) is 7.43 Å². The number of aromatic nitrogens is 4. The highest BCUT2D eigenvalue weighted by Crippen LogP contribution is 2.20. The largest absolute Gasteiger partial charge is 0.361 e. The van der Waals surface area contributed by atoms with Gasteiger partial charge in [-0.2, -0.15) is 5.10 Å². The Labute approximate surface area is 112 Å². The van der Waals surface area contributed by atoms with Gasteiger partial charge in [-0.1, -0.05) is 13.5 Å². The zero-order chi connectivity index (χ0) is 12.4.